The van der Waals surface area contributed by atoms with E-state index in [1.165, 1.54) is 13.3 Å². The van der Waals surface area contributed by atoms with Crippen LogP contribution in [0.1, 0.15) is 36.0 Å². The number of ether oxygens (including phenoxy) is 1. The van der Waals surface area contributed by atoms with Crippen molar-refractivity contribution in [2.45, 2.75) is 31.7 Å². The fraction of sp³-hybridized carbons (Fsp3) is 0.429. The average Bonchev–Trinajstić information content (AvgIpc) is 2.50. The van der Waals surface area contributed by atoms with Gasteiger partial charge in [-0.15, -0.1) is 0 Å². The number of pyridine rings is 1. The molecule has 0 aromatic carbocycles. The van der Waals surface area contributed by atoms with Crippen LogP contribution in [0.15, 0.2) is 24.5 Å². The molecule has 0 aliphatic heterocycles. The summed E-state index contributed by atoms with van der Waals surface area (Å²) in [4.78, 5) is 27.4. The normalized spacial score (nSPS) is 11.2. The third kappa shape index (κ3) is 5.06. The van der Waals surface area contributed by atoms with Crippen molar-refractivity contribution in [3.63, 3.8) is 0 Å². The Morgan fingerprint density at radius 3 is 2.90 bits per heavy atom. The van der Waals surface area contributed by atoms with E-state index in [0.717, 1.165) is 0 Å². The van der Waals surface area contributed by atoms with E-state index in [0.29, 0.717) is 31.2 Å². The molecule has 1 rings (SSSR count). The van der Waals surface area contributed by atoms with Gasteiger partial charge in [0.15, 0.2) is 0 Å². The fourth-order valence-electron chi connectivity index (χ4n) is 1.68. The lowest BCUT2D eigenvalue weighted by atomic mass is 10.1. The maximum absolute atomic E-state index is 12.0. The lowest BCUT2D eigenvalue weighted by molar-refractivity contribution is -0.143. The van der Waals surface area contributed by atoms with Crippen molar-refractivity contribution in [3.05, 3.63) is 30.1 Å². The maximum atomic E-state index is 12.0. The van der Waals surface area contributed by atoms with Crippen LogP contribution < -0.4 is 5.32 Å². The van der Waals surface area contributed by atoms with Crippen molar-refractivity contribution in [1.82, 2.24) is 10.3 Å². The minimum absolute atomic E-state index is 0.367. The zero-order valence-electron chi connectivity index (χ0n) is 11.3. The van der Waals surface area contributed by atoms with Crippen molar-refractivity contribution in [1.29, 1.82) is 5.26 Å². The van der Waals surface area contributed by atoms with Crippen molar-refractivity contribution >= 4 is 11.9 Å². The number of aromatic nitrogens is 1. The Labute approximate surface area is 117 Å². The number of rotatable bonds is 7. The monoisotopic (exact) mass is 275 g/mol. The van der Waals surface area contributed by atoms with Gasteiger partial charge in [-0.2, -0.15) is 5.26 Å². The standard InChI is InChI=1S/C14H17N3O3/c1-20-14(19)12(7-3-2-4-8-15)17-13(18)11-6-5-9-16-10-11/h5-6,9-10,12H,2-4,7H2,1H3,(H,17,18)/t12-/m1/s1. The molecule has 1 atom stereocenters. The first-order chi connectivity index (χ1) is 9.69. The molecule has 0 aliphatic carbocycles. The van der Waals surface area contributed by atoms with Crippen LogP contribution >= 0.6 is 0 Å². The van der Waals surface area contributed by atoms with Gasteiger partial charge in [-0.3, -0.25) is 9.78 Å². The molecule has 1 aromatic heterocycles. The van der Waals surface area contributed by atoms with Crippen LogP contribution in [-0.4, -0.2) is 30.0 Å². The van der Waals surface area contributed by atoms with Crippen LogP contribution in [0.3, 0.4) is 0 Å². The number of nitrogens with zero attached hydrogens (tertiary/aromatic N) is 2. The number of nitrogens with one attached hydrogen (secondary N) is 1. The summed E-state index contributed by atoms with van der Waals surface area (Å²) in [6.07, 6.45) is 5.23. The second-order valence-corrected chi connectivity index (χ2v) is 4.19. The topological polar surface area (TPSA) is 92.1 Å². The first-order valence-electron chi connectivity index (χ1n) is 6.34. The number of hydrogen-bond acceptors (Lipinski definition) is 5. The van der Waals surface area contributed by atoms with Crippen molar-refractivity contribution < 1.29 is 14.3 Å². The van der Waals surface area contributed by atoms with Gasteiger partial charge >= 0.3 is 5.97 Å². The molecule has 1 aromatic rings. The molecular formula is C14H17N3O3. The summed E-state index contributed by atoms with van der Waals surface area (Å²) in [5.41, 5.74) is 0.387. The third-order valence-corrected chi connectivity index (χ3v) is 2.75. The Balaban J connectivity index is 2.58. The summed E-state index contributed by atoms with van der Waals surface area (Å²) < 4.78 is 4.67. The van der Waals surface area contributed by atoms with Crippen molar-refractivity contribution in [2.75, 3.05) is 7.11 Å². The summed E-state index contributed by atoms with van der Waals surface area (Å²) in [5, 5.41) is 11.1. The quantitative estimate of drug-likeness (QED) is 0.600. The van der Waals surface area contributed by atoms with Gasteiger partial charge < -0.3 is 10.1 Å². The Hall–Kier alpha value is -2.42. The highest BCUT2D eigenvalue weighted by molar-refractivity contribution is 5.96. The van der Waals surface area contributed by atoms with Gasteiger partial charge in [0.05, 0.1) is 18.7 Å². The second-order valence-electron chi connectivity index (χ2n) is 4.19. The zero-order valence-corrected chi connectivity index (χ0v) is 11.3. The van der Waals surface area contributed by atoms with Crippen molar-refractivity contribution in [3.8, 4) is 6.07 Å². The van der Waals surface area contributed by atoms with Gasteiger partial charge in [0.2, 0.25) is 0 Å². The number of esters is 1. The number of unbranched alkanes of at least 4 members (excludes halogenated alkanes) is 2. The Bertz CT molecular complexity index is 482. The number of hydrogen-bond donors (Lipinski definition) is 1. The number of carbonyl (C=O) groups excluding carboxylic acids is 2. The molecule has 0 unspecified atom stereocenters. The van der Waals surface area contributed by atoms with Gasteiger partial charge in [0.25, 0.3) is 5.91 Å². The molecule has 1 amide bonds. The van der Waals surface area contributed by atoms with Crippen molar-refractivity contribution in [2.24, 2.45) is 0 Å². The highest BCUT2D eigenvalue weighted by atomic mass is 16.5. The molecule has 1 N–H and O–H groups in total. The fourth-order valence-corrected chi connectivity index (χ4v) is 1.68. The third-order valence-electron chi connectivity index (χ3n) is 2.75. The lowest BCUT2D eigenvalue weighted by Crippen LogP contribution is -2.41. The smallest absolute Gasteiger partial charge is 0.328 e. The predicted octanol–water partition coefficient (Wildman–Crippen LogP) is 1.44. The maximum Gasteiger partial charge on any atom is 0.328 e. The highest BCUT2D eigenvalue weighted by Gasteiger charge is 2.21. The van der Waals surface area contributed by atoms with Gasteiger partial charge in [-0.05, 0) is 31.4 Å². The number of amides is 1. The molecule has 6 heteroatoms. The first kappa shape index (κ1) is 15.6. The van der Waals surface area contributed by atoms with E-state index in [1.54, 1.807) is 18.3 Å². The molecule has 0 spiro atoms. The first-order valence-corrected chi connectivity index (χ1v) is 6.34. The molecule has 20 heavy (non-hydrogen) atoms. The molecule has 0 saturated heterocycles. The van der Waals surface area contributed by atoms with Crippen LogP contribution in [0.4, 0.5) is 0 Å². The molecule has 106 valence electrons. The van der Waals surface area contributed by atoms with Crippen LogP contribution in [0.5, 0.6) is 0 Å². The summed E-state index contributed by atoms with van der Waals surface area (Å²) in [7, 11) is 1.28. The van der Waals surface area contributed by atoms with E-state index in [1.807, 2.05) is 6.07 Å². The van der Waals surface area contributed by atoms with Gasteiger partial charge in [0.1, 0.15) is 6.04 Å². The second kappa shape index (κ2) is 8.64. The summed E-state index contributed by atoms with van der Waals surface area (Å²) >= 11 is 0. The summed E-state index contributed by atoms with van der Waals surface area (Å²) in [6.45, 7) is 0. The summed E-state index contributed by atoms with van der Waals surface area (Å²) in [6, 6.07) is 4.60. The molecule has 0 saturated carbocycles. The van der Waals surface area contributed by atoms with E-state index in [2.05, 4.69) is 15.0 Å². The van der Waals surface area contributed by atoms with E-state index in [9.17, 15) is 9.59 Å². The summed E-state index contributed by atoms with van der Waals surface area (Å²) in [5.74, 6) is -0.854. The van der Waals surface area contributed by atoms with Crippen LogP contribution in [0, 0.1) is 11.3 Å². The molecule has 6 nitrogen and oxygen atoms in total. The van der Waals surface area contributed by atoms with E-state index in [-0.39, 0.29) is 5.91 Å². The SMILES string of the molecule is COC(=O)[C@@H](CCCCC#N)NC(=O)c1cccnc1. The molecule has 0 radical (unpaired) electrons. The Morgan fingerprint density at radius 1 is 1.50 bits per heavy atom. The average molecular weight is 275 g/mol. The minimum atomic E-state index is -0.702. The lowest BCUT2D eigenvalue weighted by Gasteiger charge is -2.16. The molecule has 0 fully saturated rings. The largest absolute Gasteiger partial charge is 0.467 e. The van der Waals surface area contributed by atoms with E-state index in [4.69, 9.17) is 5.26 Å². The zero-order chi connectivity index (χ0) is 14.8. The Kier molecular flexibility index (Phi) is 6.76. The van der Waals surface area contributed by atoms with Crippen LogP contribution in [0.2, 0.25) is 0 Å². The molecular weight excluding hydrogens is 258 g/mol. The number of methoxy groups -OCH3 is 1. The predicted molar refractivity (Wildman–Crippen MR) is 71.6 cm³/mol. The number of carbonyl (C=O) groups is 2. The van der Waals surface area contributed by atoms with Gasteiger partial charge in [-0.1, -0.05) is 0 Å². The van der Waals surface area contributed by atoms with Crippen LogP contribution in [-0.2, 0) is 9.53 Å². The molecule has 0 bridgehead atoms. The van der Waals surface area contributed by atoms with Crippen LogP contribution in [0.25, 0.3) is 0 Å². The Morgan fingerprint density at radius 2 is 2.30 bits per heavy atom. The number of nitriles is 1. The minimum Gasteiger partial charge on any atom is -0.467 e. The van der Waals surface area contributed by atoms with Gasteiger partial charge in [0, 0.05) is 18.8 Å². The molecule has 0 aliphatic rings. The van der Waals surface area contributed by atoms with Gasteiger partial charge in [-0.25, -0.2) is 4.79 Å². The molecule has 1 heterocycles. The highest BCUT2D eigenvalue weighted by Crippen LogP contribution is 2.06. The van der Waals surface area contributed by atoms with E-state index < -0.39 is 12.0 Å². The van der Waals surface area contributed by atoms with E-state index >= 15 is 0 Å².